The van der Waals surface area contributed by atoms with Crippen molar-refractivity contribution in [3.8, 4) is 0 Å². The van der Waals surface area contributed by atoms with Crippen molar-refractivity contribution in [1.29, 1.82) is 0 Å². The Labute approximate surface area is 206 Å². The minimum absolute atomic E-state index is 0.0503. The van der Waals surface area contributed by atoms with Crippen LogP contribution in [0.1, 0.15) is 26.7 Å². The Balaban J connectivity index is 1.65. The summed E-state index contributed by atoms with van der Waals surface area (Å²) in [4.78, 5) is 30.3. The van der Waals surface area contributed by atoms with Crippen molar-refractivity contribution in [2.24, 2.45) is 5.73 Å². The van der Waals surface area contributed by atoms with Gasteiger partial charge in [-0.25, -0.2) is 8.42 Å². The monoisotopic (exact) mass is 515 g/mol. The smallest absolute Gasteiger partial charge is 0.242 e. The first kappa shape index (κ1) is 26.8. The van der Waals surface area contributed by atoms with Crippen molar-refractivity contribution < 1.29 is 22.7 Å². The Kier molecular flexibility index (Phi) is 9.30. The molecule has 1 atom stereocenters. The largest absolute Gasteiger partial charge is 0.377 e. The number of carbonyl (C=O) groups is 2. The summed E-state index contributed by atoms with van der Waals surface area (Å²) < 4.78 is 34.3. The molecule has 190 valence electrons. The number of carbonyl (C=O) groups excluding carboxylic acids is 2. The number of amides is 2. The van der Waals surface area contributed by atoms with E-state index >= 15 is 0 Å². The molecule has 34 heavy (non-hydrogen) atoms. The van der Waals surface area contributed by atoms with Gasteiger partial charge in [0.05, 0.1) is 23.4 Å². The summed E-state index contributed by atoms with van der Waals surface area (Å²) in [7, 11) is -4.16. The van der Waals surface area contributed by atoms with Crippen LogP contribution < -0.4 is 15.4 Å². The highest BCUT2D eigenvalue weighted by Gasteiger charge is 2.32. The third-order valence-electron chi connectivity index (χ3n) is 5.97. The number of hydrogen-bond donors (Lipinski definition) is 2. The van der Waals surface area contributed by atoms with E-state index in [1.54, 1.807) is 11.0 Å². The maximum absolute atomic E-state index is 13.1. The van der Waals surface area contributed by atoms with Crippen molar-refractivity contribution in [1.82, 2.24) is 14.5 Å². The van der Waals surface area contributed by atoms with Gasteiger partial charge in [-0.2, -0.15) is 4.72 Å². The van der Waals surface area contributed by atoms with Crippen LogP contribution in [0.2, 0.25) is 5.02 Å². The fourth-order valence-electron chi connectivity index (χ4n) is 4.10. The van der Waals surface area contributed by atoms with Gasteiger partial charge in [-0.15, -0.1) is 0 Å². The molecular formula is C22H34ClN5O5S. The molecule has 0 bridgehead atoms. The lowest BCUT2D eigenvalue weighted by atomic mass is 10.2. The predicted molar refractivity (Wildman–Crippen MR) is 130 cm³/mol. The van der Waals surface area contributed by atoms with Crippen LogP contribution in [0.3, 0.4) is 0 Å². The highest BCUT2D eigenvalue weighted by molar-refractivity contribution is 7.89. The second-order valence-electron chi connectivity index (χ2n) is 8.73. The second kappa shape index (κ2) is 11.8. The number of anilines is 1. The third kappa shape index (κ3) is 6.46. The standard InChI is InChI=1S/C22H34ClN5O5S/c1-16(2)33-14-13-26-9-11-27(12-10-26)22(30)17(15-24)25-34(31,32)19-6-3-5-18(21(19)23)28-8-4-7-20(28)29/h3,5-6,16-17,25H,4,7-15,24H2,1-2H3/t17-/m0/s1. The van der Waals surface area contributed by atoms with E-state index in [4.69, 9.17) is 22.1 Å². The molecule has 1 aromatic rings. The van der Waals surface area contributed by atoms with E-state index in [2.05, 4.69) is 9.62 Å². The molecule has 0 spiro atoms. The molecule has 1 aromatic carbocycles. The van der Waals surface area contributed by atoms with E-state index in [1.807, 2.05) is 13.8 Å². The summed E-state index contributed by atoms with van der Waals surface area (Å²) in [5, 5.41) is -0.0503. The average molecular weight is 516 g/mol. The van der Waals surface area contributed by atoms with Crippen molar-refractivity contribution in [3.05, 3.63) is 23.2 Å². The molecule has 12 heteroatoms. The number of piperazine rings is 1. The van der Waals surface area contributed by atoms with Gasteiger partial charge in [0.15, 0.2) is 0 Å². The fourth-order valence-corrected chi connectivity index (χ4v) is 5.93. The van der Waals surface area contributed by atoms with E-state index in [1.165, 1.54) is 17.0 Å². The Morgan fingerprint density at radius 2 is 1.91 bits per heavy atom. The summed E-state index contributed by atoms with van der Waals surface area (Å²) in [6.45, 7) is 7.97. The van der Waals surface area contributed by atoms with E-state index in [9.17, 15) is 18.0 Å². The number of halogens is 1. The lowest BCUT2D eigenvalue weighted by Gasteiger charge is -2.36. The quantitative estimate of drug-likeness (QED) is 0.468. The maximum atomic E-state index is 13.1. The van der Waals surface area contributed by atoms with Crippen molar-refractivity contribution in [2.75, 3.05) is 57.3 Å². The zero-order chi connectivity index (χ0) is 24.9. The molecule has 0 saturated carbocycles. The van der Waals surface area contributed by atoms with Gasteiger partial charge in [0.1, 0.15) is 10.9 Å². The first-order valence-electron chi connectivity index (χ1n) is 11.6. The summed E-state index contributed by atoms with van der Waals surface area (Å²) >= 11 is 6.42. The Bertz CT molecular complexity index is 982. The van der Waals surface area contributed by atoms with Crippen LogP contribution in [-0.2, 0) is 24.3 Å². The van der Waals surface area contributed by atoms with Crippen LogP contribution in [0.4, 0.5) is 5.69 Å². The van der Waals surface area contributed by atoms with Crippen LogP contribution in [0.5, 0.6) is 0 Å². The predicted octanol–water partition coefficient (Wildman–Crippen LogP) is 0.642. The molecule has 0 aromatic heterocycles. The van der Waals surface area contributed by atoms with Crippen LogP contribution in [-0.4, -0.2) is 94.6 Å². The molecule has 0 aliphatic carbocycles. The molecule has 0 radical (unpaired) electrons. The van der Waals surface area contributed by atoms with Gasteiger partial charge in [0.2, 0.25) is 21.8 Å². The number of rotatable bonds is 10. The Morgan fingerprint density at radius 3 is 2.50 bits per heavy atom. The number of nitrogens with zero attached hydrogens (tertiary/aromatic N) is 3. The van der Waals surface area contributed by atoms with Gasteiger partial charge in [-0.3, -0.25) is 14.5 Å². The zero-order valence-corrected chi connectivity index (χ0v) is 21.3. The van der Waals surface area contributed by atoms with Crippen LogP contribution >= 0.6 is 11.6 Å². The van der Waals surface area contributed by atoms with Gasteiger partial charge in [-0.1, -0.05) is 17.7 Å². The van der Waals surface area contributed by atoms with Crippen molar-refractivity contribution in [3.63, 3.8) is 0 Å². The number of benzene rings is 1. The van der Waals surface area contributed by atoms with Crippen LogP contribution in [0.15, 0.2) is 23.1 Å². The highest BCUT2D eigenvalue weighted by Crippen LogP contribution is 2.34. The molecule has 2 aliphatic heterocycles. The fraction of sp³-hybridized carbons (Fsp3) is 0.636. The SMILES string of the molecule is CC(C)OCCN1CCN(C(=O)[C@H](CN)NS(=O)(=O)c2cccc(N3CCCC3=O)c2Cl)CC1. The number of nitrogens with two attached hydrogens (primary N) is 1. The molecule has 10 nitrogen and oxygen atoms in total. The molecule has 2 fully saturated rings. The summed E-state index contributed by atoms with van der Waals surface area (Å²) in [5.41, 5.74) is 6.13. The summed E-state index contributed by atoms with van der Waals surface area (Å²) in [6.07, 6.45) is 1.26. The third-order valence-corrected chi connectivity index (χ3v) is 7.99. The molecule has 3 N–H and O–H groups in total. The van der Waals surface area contributed by atoms with Crippen LogP contribution in [0, 0.1) is 0 Å². The topological polar surface area (TPSA) is 125 Å². The van der Waals surface area contributed by atoms with E-state index in [-0.39, 0.29) is 34.4 Å². The molecule has 2 heterocycles. The molecular weight excluding hydrogens is 482 g/mol. The second-order valence-corrected chi connectivity index (χ2v) is 10.8. The Morgan fingerprint density at radius 1 is 1.21 bits per heavy atom. The van der Waals surface area contributed by atoms with Gasteiger partial charge >= 0.3 is 0 Å². The maximum Gasteiger partial charge on any atom is 0.242 e. The number of nitrogens with one attached hydrogen (secondary N) is 1. The van der Waals surface area contributed by atoms with Crippen molar-refractivity contribution in [2.45, 2.75) is 43.7 Å². The van der Waals surface area contributed by atoms with Gasteiger partial charge < -0.3 is 20.3 Å². The van der Waals surface area contributed by atoms with Gasteiger partial charge in [0, 0.05) is 52.2 Å². The first-order valence-corrected chi connectivity index (χ1v) is 13.4. The molecule has 0 unspecified atom stereocenters. The zero-order valence-electron chi connectivity index (χ0n) is 19.7. The lowest BCUT2D eigenvalue weighted by molar-refractivity contribution is -0.134. The van der Waals surface area contributed by atoms with E-state index in [0.29, 0.717) is 57.9 Å². The molecule has 2 aliphatic rings. The minimum atomic E-state index is -4.16. The van der Waals surface area contributed by atoms with E-state index in [0.717, 1.165) is 6.54 Å². The summed E-state index contributed by atoms with van der Waals surface area (Å²) in [5.74, 6) is -0.472. The Hall–Kier alpha value is -1.76. The normalized spacial score (nSPS) is 18.7. The first-order chi connectivity index (χ1) is 16.1. The molecule has 2 saturated heterocycles. The molecule has 2 amide bonds. The van der Waals surface area contributed by atoms with E-state index < -0.39 is 16.1 Å². The number of ether oxygens (including phenoxy) is 1. The van der Waals surface area contributed by atoms with Gasteiger partial charge in [-0.05, 0) is 32.4 Å². The summed E-state index contributed by atoms with van der Waals surface area (Å²) in [6, 6.07) is 3.38. The van der Waals surface area contributed by atoms with Crippen LogP contribution in [0.25, 0.3) is 0 Å². The minimum Gasteiger partial charge on any atom is -0.377 e. The number of sulfonamides is 1. The van der Waals surface area contributed by atoms with Gasteiger partial charge in [0.25, 0.3) is 0 Å². The highest BCUT2D eigenvalue weighted by atomic mass is 35.5. The number of hydrogen-bond acceptors (Lipinski definition) is 7. The van der Waals surface area contributed by atoms with Crippen molar-refractivity contribution >= 4 is 39.1 Å². The molecule has 3 rings (SSSR count). The lowest BCUT2D eigenvalue weighted by Crippen LogP contribution is -2.57. The average Bonchev–Trinajstić information content (AvgIpc) is 3.23.